The highest BCUT2D eigenvalue weighted by atomic mass is 16.7. The van der Waals surface area contributed by atoms with E-state index in [4.69, 9.17) is 9.47 Å². The molecule has 1 fully saturated rings. The fraction of sp³-hybridized carbons (Fsp3) is 0.820. The van der Waals surface area contributed by atoms with E-state index in [0.717, 1.165) is 57.8 Å². The number of amides is 1. The van der Waals surface area contributed by atoms with Gasteiger partial charge in [0.25, 0.3) is 0 Å². The van der Waals surface area contributed by atoms with Crippen molar-refractivity contribution in [3.8, 4) is 0 Å². The average molecular weight is 834 g/mol. The smallest absolute Gasteiger partial charge is 0.220 e. The SMILES string of the molecule is CCC/C=C/CC/C=C/CC/C=C/C(O)C(COC1OC(CO)C(O)C(O)C1O)NC(=O)CCCCCCCCCCC/C=C\CCCCCCCCCCCCCC. The summed E-state index contributed by atoms with van der Waals surface area (Å²) in [5.74, 6) is -0.195. The number of allylic oxidation sites excluding steroid dienone is 7. The molecule has 9 heteroatoms. The van der Waals surface area contributed by atoms with Crippen LogP contribution in [0.15, 0.2) is 48.6 Å². The molecule has 1 rings (SSSR count). The Kier molecular flexibility index (Phi) is 37.6. The summed E-state index contributed by atoms with van der Waals surface area (Å²) in [5, 5.41) is 54.1. The molecule has 6 N–H and O–H groups in total. The first kappa shape index (κ1) is 55.2. The summed E-state index contributed by atoms with van der Waals surface area (Å²) in [6.07, 6.45) is 44.6. The van der Waals surface area contributed by atoms with Gasteiger partial charge in [0.2, 0.25) is 5.91 Å². The lowest BCUT2D eigenvalue weighted by atomic mass is 9.99. The van der Waals surface area contributed by atoms with Crippen LogP contribution in [0.2, 0.25) is 0 Å². The van der Waals surface area contributed by atoms with Gasteiger partial charge in [-0.05, 0) is 64.2 Å². The highest BCUT2D eigenvalue weighted by Gasteiger charge is 2.44. The first-order chi connectivity index (χ1) is 28.8. The molecule has 1 aliphatic rings. The molecule has 7 atom stereocenters. The van der Waals surface area contributed by atoms with Gasteiger partial charge in [-0.2, -0.15) is 0 Å². The van der Waals surface area contributed by atoms with E-state index in [2.05, 4.69) is 55.6 Å². The second-order valence-electron chi connectivity index (χ2n) is 16.9. The molecule has 0 radical (unpaired) electrons. The number of hydrogen-bond acceptors (Lipinski definition) is 8. The summed E-state index contributed by atoms with van der Waals surface area (Å²) < 4.78 is 11.2. The molecule has 0 aromatic rings. The van der Waals surface area contributed by atoms with Crippen LogP contribution in [0, 0.1) is 0 Å². The maximum atomic E-state index is 12.9. The summed E-state index contributed by atoms with van der Waals surface area (Å²) in [6, 6.07) is -0.828. The maximum Gasteiger partial charge on any atom is 0.220 e. The van der Waals surface area contributed by atoms with Gasteiger partial charge in [-0.25, -0.2) is 0 Å². The third kappa shape index (κ3) is 30.8. The van der Waals surface area contributed by atoms with Gasteiger partial charge in [-0.3, -0.25) is 4.79 Å². The largest absolute Gasteiger partial charge is 0.394 e. The van der Waals surface area contributed by atoms with E-state index < -0.39 is 49.5 Å². The van der Waals surface area contributed by atoms with Gasteiger partial charge in [-0.15, -0.1) is 0 Å². The average Bonchev–Trinajstić information content (AvgIpc) is 3.23. The second kappa shape index (κ2) is 40.2. The number of aliphatic hydroxyl groups excluding tert-OH is 5. The molecule has 0 saturated carbocycles. The minimum atomic E-state index is -1.57. The van der Waals surface area contributed by atoms with Gasteiger partial charge >= 0.3 is 0 Å². The lowest BCUT2D eigenvalue weighted by molar-refractivity contribution is -0.302. The monoisotopic (exact) mass is 834 g/mol. The van der Waals surface area contributed by atoms with Crippen molar-refractivity contribution in [2.75, 3.05) is 13.2 Å². The fourth-order valence-corrected chi connectivity index (χ4v) is 7.43. The van der Waals surface area contributed by atoms with Gasteiger partial charge < -0.3 is 40.3 Å². The summed E-state index contributed by atoms with van der Waals surface area (Å²) in [7, 11) is 0. The molecule has 0 bridgehead atoms. The Hall–Kier alpha value is -1.85. The van der Waals surface area contributed by atoms with Crippen molar-refractivity contribution in [2.45, 2.75) is 249 Å². The number of nitrogens with one attached hydrogen (secondary N) is 1. The maximum absolute atomic E-state index is 12.9. The van der Waals surface area contributed by atoms with E-state index in [9.17, 15) is 30.3 Å². The molecule has 344 valence electrons. The van der Waals surface area contributed by atoms with Crippen LogP contribution in [0.4, 0.5) is 0 Å². The Balaban J connectivity index is 2.24. The van der Waals surface area contributed by atoms with Crippen LogP contribution in [0.5, 0.6) is 0 Å². The Labute approximate surface area is 361 Å². The highest BCUT2D eigenvalue weighted by Crippen LogP contribution is 2.22. The van der Waals surface area contributed by atoms with E-state index >= 15 is 0 Å². The zero-order valence-electron chi connectivity index (χ0n) is 37.7. The first-order valence-electron chi connectivity index (χ1n) is 24.4. The third-order valence-corrected chi connectivity index (χ3v) is 11.3. The van der Waals surface area contributed by atoms with Crippen LogP contribution in [0.25, 0.3) is 0 Å². The molecule has 0 aliphatic carbocycles. The molecule has 7 unspecified atom stereocenters. The zero-order chi connectivity index (χ0) is 43.0. The molecular weight excluding hydrogens is 743 g/mol. The minimum Gasteiger partial charge on any atom is -0.394 e. The molecular formula is C50H91NO8. The van der Waals surface area contributed by atoms with Gasteiger partial charge in [0.05, 0.1) is 25.4 Å². The van der Waals surface area contributed by atoms with Gasteiger partial charge in [0, 0.05) is 6.42 Å². The van der Waals surface area contributed by atoms with Crippen LogP contribution >= 0.6 is 0 Å². The normalized spacial score (nSPS) is 21.1. The molecule has 0 spiro atoms. The van der Waals surface area contributed by atoms with E-state index in [1.807, 2.05) is 6.08 Å². The highest BCUT2D eigenvalue weighted by molar-refractivity contribution is 5.76. The Morgan fingerprint density at radius 2 is 1.00 bits per heavy atom. The molecule has 1 amide bonds. The van der Waals surface area contributed by atoms with E-state index in [1.165, 1.54) is 128 Å². The van der Waals surface area contributed by atoms with Crippen LogP contribution < -0.4 is 5.32 Å². The standard InChI is InChI=1S/C50H91NO8/c1-3-5-7-9-11-13-15-16-17-18-19-20-21-22-23-24-25-26-27-28-30-32-34-36-38-40-46(54)51-43(42-58-50-49(57)48(56)47(55)45(41-52)59-50)44(53)39-37-35-33-31-29-14-12-10-8-6-4-2/h8,10,22-23,29,31,37,39,43-45,47-50,52-53,55-57H,3-7,9,11-21,24-28,30,32-36,38,40-42H2,1-2H3,(H,51,54)/b10-8+,23-22-,31-29+,39-37+. The van der Waals surface area contributed by atoms with Crippen LogP contribution in [-0.2, 0) is 14.3 Å². The molecule has 59 heavy (non-hydrogen) atoms. The van der Waals surface area contributed by atoms with Gasteiger partial charge in [-0.1, -0.05) is 184 Å². The molecule has 9 nitrogen and oxygen atoms in total. The Morgan fingerprint density at radius 1 is 0.559 bits per heavy atom. The predicted octanol–water partition coefficient (Wildman–Crippen LogP) is 10.6. The van der Waals surface area contributed by atoms with Gasteiger partial charge in [0.15, 0.2) is 6.29 Å². The first-order valence-corrected chi connectivity index (χ1v) is 24.4. The lowest BCUT2D eigenvalue weighted by Crippen LogP contribution is -2.60. The molecule has 1 aliphatic heterocycles. The third-order valence-electron chi connectivity index (χ3n) is 11.3. The summed E-state index contributed by atoms with van der Waals surface area (Å²) >= 11 is 0. The summed E-state index contributed by atoms with van der Waals surface area (Å²) in [5.41, 5.74) is 0. The van der Waals surface area contributed by atoms with Crippen molar-refractivity contribution in [3.63, 3.8) is 0 Å². The van der Waals surface area contributed by atoms with Crippen LogP contribution in [0.3, 0.4) is 0 Å². The van der Waals surface area contributed by atoms with Crippen molar-refractivity contribution in [3.05, 3.63) is 48.6 Å². The van der Waals surface area contributed by atoms with E-state index in [-0.39, 0.29) is 12.5 Å². The molecule has 0 aromatic heterocycles. The van der Waals surface area contributed by atoms with E-state index in [1.54, 1.807) is 6.08 Å². The zero-order valence-corrected chi connectivity index (χ0v) is 37.7. The van der Waals surface area contributed by atoms with Crippen LogP contribution in [0.1, 0.15) is 206 Å². The Morgan fingerprint density at radius 3 is 1.49 bits per heavy atom. The van der Waals surface area contributed by atoms with Crippen molar-refractivity contribution in [1.29, 1.82) is 0 Å². The predicted molar refractivity (Wildman–Crippen MR) is 244 cm³/mol. The van der Waals surface area contributed by atoms with Crippen molar-refractivity contribution in [2.24, 2.45) is 0 Å². The molecule has 1 saturated heterocycles. The lowest BCUT2D eigenvalue weighted by Gasteiger charge is -2.40. The summed E-state index contributed by atoms with van der Waals surface area (Å²) in [6.45, 7) is 3.67. The topological polar surface area (TPSA) is 149 Å². The number of hydrogen-bond donors (Lipinski definition) is 6. The number of carbonyl (C=O) groups is 1. The van der Waals surface area contributed by atoms with Crippen molar-refractivity contribution < 1.29 is 39.8 Å². The summed E-state index contributed by atoms with van der Waals surface area (Å²) in [4.78, 5) is 12.9. The number of carbonyl (C=O) groups excluding carboxylic acids is 1. The fourth-order valence-electron chi connectivity index (χ4n) is 7.43. The quantitative estimate of drug-likeness (QED) is 0.0264. The molecule has 1 heterocycles. The second-order valence-corrected chi connectivity index (χ2v) is 16.9. The minimum absolute atomic E-state index is 0.195. The van der Waals surface area contributed by atoms with Crippen molar-refractivity contribution in [1.82, 2.24) is 5.32 Å². The van der Waals surface area contributed by atoms with Crippen LogP contribution in [-0.4, -0.2) is 87.5 Å². The number of aliphatic hydroxyl groups is 5. The number of unbranched alkanes of at least 4 members (excludes halogenated alkanes) is 24. The Bertz CT molecular complexity index is 1060. The number of ether oxygens (including phenoxy) is 2. The van der Waals surface area contributed by atoms with Gasteiger partial charge in [0.1, 0.15) is 24.4 Å². The van der Waals surface area contributed by atoms with E-state index in [0.29, 0.717) is 6.42 Å². The number of rotatable bonds is 40. The van der Waals surface area contributed by atoms with Crippen molar-refractivity contribution >= 4 is 5.91 Å². The molecule has 0 aromatic carbocycles.